The van der Waals surface area contributed by atoms with E-state index >= 15 is 0 Å². The summed E-state index contributed by atoms with van der Waals surface area (Å²) in [5, 5.41) is 11.4. The Kier molecular flexibility index (Phi) is 6.64. The standard InChI is InChI=1S/C24H21N3O3S/c1-17-6-5-9-21(14-17)29-15-22-26-27-24(30-22)31-16-18-10-12-19(13-11-18)23(28)25-20-7-3-2-4-8-20/h2-14H,15-16H2,1H3,(H,25,28). The molecule has 156 valence electrons. The monoisotopic (exact) mass is 431 g/mol. The molecule has 0 atom stereocenters. The quantitative estimate of drug-likeness (QED) is 0.371. The van der Waals surface area contributed by atoms with Crippen molar-refractivity contribution in [2.75, 3.05) is 5.32 Å². The minimum absolute atomic E-state index is 0.138. The number of aromatic nitrogens is 2. The Morgan fingerprint density at radius 1 is 1.00 bits per heavy atom. The Morgan fingerprint density at radius 3 is 2.58 bits per heavy atom. The van der Waals surface area contributed by atoms with Crippen molar-refractivity contribution in [3.05, 3.63) is 101 Å². The molecule has 0 aliphatic rings. The maximum Gasteiger partial charge on any atom is 0.277 e. The fraction of sp³-hybridized carbons (Fsp3) is 0.125. The van der Waals surface area contributed by atoms with Gasteiger partial charge in [-0.2, -0.15) is 0 Å². The second-order valence-electron chi connectivity index (χ2n) is 6.87. The minimum atomic E-state index is -0.138. The number of nitrogens with zero attached hydrogens (tertiary/aromatic N) is 2. The third-order valence-corrected chi connectivity index (χ3v) is 5.30. The van der Waals surface area contributed by atoms with Crippen LogP contribution in [0.4, 0.5) is 5.69 Å². The number of carbonyl (C=O) groups excluding carboxylic acids is 1. The Balaban J connectivity index is 1.27. The molecule has 0 bridgehead atoms. The molecule has 7 heteroatoms. The van der Waals surface area contributed by atoms with Gasteiger partial charge in [-0.25, -0.2) is 0 Å². The van der Waals surface area contributed by atoms with E-state index in [1.165, 1.54) is 11.8 Å². The normalized spacial score (nSPS) is 10.6. The fourth-order valence-electron chi connectivity index (χ4n) is 2.83. The lowest BCUT2D eigenvalue weighted by atomic mass is 10.1. The average molecular weight is 432 g/mol. The van der Waals surface area contributed by atoms with E-state index in [0.717, 1.165) is 22.6 Å². The SMILES string of the molecule is Cc1cccc(OCc2nnc(SCc3ccc(C(=O)Nc4ccccc4)cc3)o2)c1. The highest BCUT2D eigenvalue weighted by Gasteiger charge is 2.09. The molecule has 1 N–H and O–H groups in total. The molecular formula is C24H21N3O3S. The third-order valence-electron chi connectivity index (χ3n) is 4.41. The number of ether oxygens (including phenoxy) is 1. The van der Waals surface area contributed by atoms with Crippen LogP contribution in [0.1, 0.15) is 27.4 Å². The highest BCUT2D eigenvalue weighted by molar-refractivity contribution is 7.98. The van der Waals surface area contributed by atoms with Gasteiger partial charge in [-0.3, -0.25) is 4.79 Å². The molecule has 1 amide bonds. The van der Waals surface area contributed by atoms with Crippen molar-refractivity contribution in [1.82, 2.24) is 10.2 Å². The number of thioether (sulfide) groups is 1. The summed E-state index contributed by atoms with van der Waals surface area (Å²) in [6, 6.07) is 24.6. The van der Waals surface area contributed by atoms with E-state index in [2.05, 4.69) is 15.5 Å². The second kappa shape index (κ2) is 9.95. The van der Waals surface area contributed by atoms with Gasteiger partial charge in [-0.15, -0.1) is 10.2 Å². The zero-order chi connectivity index (χ0) is 21.5. The van der Waals surface area contributed by atoms with Gasteiger partial charge in [-0.1, -0.05) is 54.2 Å². The minimum Gasteiger partial charge on any atom is -0.484 e. The van der Waals surface area contributed by atoms with Gasteiger partial charge in [0, 0.05) is 17.0 Å². The van der Waals surface area contributed by atoms with Gasteiger partial charge in [0.15, 0.2) is 6.61 Å². The lowest BCUT2D eigenvalue weighted by molar-refractivity contribution is 0.102. The number of hydrogen-bond acceptors (Lipinski definition) is 6. The Labute approximate surface area is 184 Å². The fourth-order valence-corrected chi connectivity index (χ4v) is 3.56. The van der Waals surface area contributed by atoms with Crippen molar-refractivity contribution >= 4 is 23.4 Å². The van der Waals surface area contributed by atoms with Gasteiger partial charge >= 0.3 is 0 Å². The number of para-hydroxylation sites is 1. The summed E-state index contributed by atoms with van der Waals surface area (Å²) < 4.78 is 11.3. The number of rotatable bonds is 8. The van der Waals surface area contributed by atoms with Crippen LogP contribution >= 0.6 is 11.8 Å². The molecule has 0 saturated carbocycles. The van der Waals surface area contributed by atoms with Gasteiger partial charge in [0.25, 0.3) is 17.0 Å². The summed E-state index contributed by atoms with van der Waals surface area (Å²) in [6.07, 6.45) is 0. The van der Waals surface area contributed by atoms with E-state index in [1.54, 1.807) is 0 Å². The highest BCUT2D eigenvalue weighted by Crippen LogP contribution is 2.22. The van der Waals surface area contributed by atoms with Crippen molar-refractivity contribution in [1.29, 1.82) is 0 Å². The largest absolute Gasteiger partial charge is 0.484 e. The molecule has 0 saturated heterocycles. The van der Waals surface area contributed by atoms with E-state index in [1.807, 2.05) is 85.8 Å². The Bertz CT molecular complexity index is 1140. The van der Waals surface area contributed by atoms with Crippen LogP contribution in [0.25, 0.3) is 0 Å². The molecule has 31 heavy (non-hydrogen) atoms. The molecule has 0 unspecified atom stereocenters. The van der Waals surface area contributed by atoms with Crippen molar-refractivity contribution in [3.63, 3.8) is 0 Å². The average Bonchev–Trinajstić information content (AvgIpc) is 3.25. The summed E-state index contributed by atoms with van der Waals surface area (Å²) in [7, 11) is 0. The summed E-state index contributed by atoms with van der Waals surface area (Å²) in [5.74, 6) is 1.71. The van der Waals surface area contributed by atoms with Gasteiger partial charge in [0.2, 0.25) is 0 Å². The number of nitrogens with one attached hydrogen (secondary N) is 1. The molecule has 0 fully saturated rings. The zero-order valence-corrected chi connectivity index (χ0v) is 17.8. The first-order chi connectivity index (χ1) is 15.2. The molecule has 3 aromatic carbocycles. The van der Waals surface area contributed by atoms with Crippen LogP contribution in [0.3, 0.4) is 0 Å². The number of carbonyl (C=O) groups is 1. The van der Waals surface area contributed by atoms with E-state index in [9.17, 15) is 4.79 Å². The van der Waals surface area contributed by atoms with Gasteiger partial charge in [0.05, 0.1) is 0 Å². The predicted octanol–water partition coefficient (Wildman–Crippen LogP) is 5.50. The first-order valence-electron chi connectivity index (χ1n) is 9.76. The van der Waals surface area contributed by atoms with Crippen LogP contribution in [0.15, 0.2) is 88.5 Å². The molecule has 0 spiro atoms. The zero-order valence-electron chi connectivity index (χ0n) is 16.9. The topological polar surface area (TPSA) is 77.2 Å². The van der Waals surface area contributed by atoms with Crippen LogP contribution in [-0.4, -0.2) is 16.1 Å². The number of hydrogen-bond donors (Lipinski definition) is 1. The summed E-state index contributed by atoms with van der Waals surface area (Å²) in [5.41, 5.74) is 3.55. The maximum atomic E-state index is 12.3. The first kappa shape index (κ1) is 20.7. The summed E-state index contributed by atoms with van der Waals surface area (Å²) in [6.45, 7) is 2.23. The van der Waals surface area contributed by atoms with Crippen LogP contribution < -0.4 is 10.1 Å². The molecule has 0 aliphatic heterocycles. The molecule has 4 aromatic rings. The van der Waals surface area contributed by atoms with Gasteiger partial charge < -0.3 is 14.5 Å². The van der Waals surface area contributed by atoms with Crippen molar-refractivity contribution in [3.8, 4) is 5.75 Å². The van der Waals surface area contributed by atoms with E-state index in [4.69, 9.17) is 9.15 Å². The number of benzene rings is 3. The molecule has 0 radical (unpaired) electrons. The molecule has 1 aromatic heterocycles. The lowest BCUT2D eigenvalue weighted by Gasteiger charge is -2.06. The van der Waals surface area contributed by atoms with Crippen molar-refractivity contribution in [2.24, 2.45) is 0 Å². The molecule has 6 nitrogen and oxygen atoms in total. The summed E-state index contributed by atoms with van der Waals surface area (Å²) in [4.78, 5) is 12.3. The molecule has 0 aliphatic carbocycles. The number of anilines is 1. The number of amides is 1. The van der Waals surface area contributed by atoms with Crippen LogP contribution in [0.5, 0.6) is 5.75 Å². The van der Waals surface area contributed by atoms with Crippen LogP contribution in [-0.2, 0) is 12.4 Å². The van der Waals surface area contributed by atoms with Crippen LogP contribution in [0.2, 0.25) is 0 Å². The Hall–Kier alpha value is -3.58. The lowest BCUT2D eigenvalue weighted by Crippen LogP contribution is -2.11. The van der Waals surface area contributed by atoms with Crippen molar-refractivity contribution in [2.45, 2.75) is 24.5 Å². The summed E-state index contributed by atoms with van der Waals surface area (Å²) >= 11 is 1.44. The highest BCUT2D eigenvalue weighted by atomic mass is 32.2. The molecular weight excluding hydrogens is 410 g/mol. The van der Waals surface area contributed by atoms with E-state index in [-0.39, 0.29) is 12.5 Å². The van der Waals surface area contributed by atoms with Crippen LogP contribution in [0, 0.1) is 6.92 Å². The van der Waals surface area contributed by atoms with Gasteiger partial charge in [0.1, 0.15) is 5.75 Å². The Morgan fingerprint density at radius 2 is 1.81 bits per heavy atom. The van der Waals surface area contributed by atoms with Gasteiger partial charge in [-0.05, 0) is 54.4 Å². The van der Waals surface area contributed by atoms with Crippen molar-refractivity contribution < 1.29 is 13.9 Å². The second-order valence-corrected chi connectivity index (χ2v) is 7.80. The molecule has 1 heterocycles. The molecule has 4 rings (SSSR count). The third kappa shape index (κ3) is 5.96. The maximum absolute atomic E-state index is 12.3. The van der Waals surface area contributed by atoms with E-state index in [0.29, 0.717) is 22.4 Å². The smallest absolute Gasteiger partial charge is 0.277 e. The van der Waals surface area contributed by atoms with E-state index < -0.39 is 0 Å². The number of aryl methyl sites for hydroxylation is 1. The predicted molar refractivity (Wildman–Crippen MR) is 120 cm³/mol. The first-order valence-corrected chi connectivity index (χ1v) is 10.7.